The second-order valence-corrected chi connectivity index (χ2v) is 6.68. The lowest BCUT2D eigenvalue weighted by molar-refractivity contribution is -0.132. The number of amides is 1. The highest BCUT2D eigenvalue weighted by Gasteiger charge is 2.26. The first-order chi connectivity index (χ1) is 13.3. The van der Waals surface area contributed by atoms with E-state index in [-0.39, 0.29) is 12.7 Å². The molecule has 8 nitrogen and oxygen atoms in total. The van der Waals surface area contributed by atoms with Crippen molar-refractivity contribution in [2.45, 2.75) is 25.9 Å². The van der Waals surface area contributed by atoms with Crippen LogP contribution in [0.25, 0.3) is 11.3 Å². The predicted molar refractivity (Wildman–Crippen MR) is 96.1 cm³/mol. The van der Waals surface area contributed by atoms with Gasteiger partial charge in [-0.25, -0.2) is 0 Å². The highest BCUT2D eigenvalue weighted by molar-refractivity contribution is 5.77. The maximum Gasteiger partial charge on any atom is 0.231 e. The summed E-state index contributed by atoms with van der Waals surface area (Å²) in [6, 6.07) is 7.68. The van der Waals surface area contributed by atoms with E-state index in [2.05, 4.69) is 15.3 Å². The van der Waals surface area contributed by atoms with Gasteiger partial charge in [-0.15, -0.1) is 0 Å². The van der Waals surface area contributed by atoms with Gasteiger partial charge in [0.2, 0.25) is 12.7 Å². The van der Waals surface area contributed by atoms with Crippen molar-refractivity contribution in [1.29, 1.82) is 0 Å². The lowest BCUT2D eigenvalue weighted by atomic mass is 10.0. The number of rotatable bonds is 4. The first-order valence-corrected chi connectivity index (χ1v) is 8.99. The number of hydrogen-bond acceptors (Lipinski definition) is 5. The number of benzene rings is 1. The van der Waals surface area contributed by atoms with Crippen molar-refractivity contribution < 1.29 is 14.3 Å². The second kappa shape index (κ2) is 6.46. The zero-order valence-electron chi connectivity index (χ0n) is 14.7. The molecule has 27 heavy (non-hydrogen) atoms. The SMILES string of the molecule is O=C(CCn1cccn1)N1CCc2[nH]nc(-c3ccc4c(c3)OCO4)c2C1. The average Bonchev–Trinajstić information content (AvgIpc) is 3.45. The molecule has 8 heteroatoms. The first-order valence-electron chi connectivity index (χ1n) is 8.99. The van der Waals surface area contributed by atoms with Gasteiger partial charge in [0.1, 0.15) is 0 Å². The number of aromatic nitrogens is 4. The van der Waals surface area contributed by atoms with E-state index in [1.807, 2.05) is 35.4 Å². The van der Waals surface area contributed by atoms with Crippen LogP contribution in [0, 0.1) is 0 Å². The average molecular weight is 365 g/mol. The lowest BCUT2D eigenvalue weighted by Crippen LogP contribution is -2.36. The van der Waals surface area contributed by atoms with E-state index in [0.717, 1.165) is 40.4 Å². The molecule has 138 valence electrons. The van der Waals surface area contributed by atoms with Gasteiger partial charge in [-0.05, 0) is 24.3 Å². The molecule has 1 aromatic carbocycles. The van der Waals surface area contributed by atoms with Crippen molar-refractivity contribution in [3.05, 3.63) is 47.9 Å². The largest absolute Gasteiger partial charge is 0.454 e. The fraction of sp³-hybridized carbons (Fsp3) is 0.316. The molecule has 0 unspecified atom stereocenters. The Bertz CT molecular complexity index is 979. The van der Waals surface area contributed by atoms with Crippen molar-refractivity contribution >= 4 is 5.91 Å². The summed E-state index contributed by atoms with van der Waals surface area (Å²) in [6.45, 7) is 2.10. The second-order valence-electron chi connectivity index (χ2n) is 6.68. The van der Waals surface area contributed by atoms with Gasteiger partial charge in [0.15, 0.2) is 11.5 Å². The predicted octanol–water partition coefficient (Wildman–Crippen LogP) is 1.98. The van der Waals surface area contributed by atoms with Crippen LogP contribution in [-0.2, 0) is 24.3 Å². The van der Waals surface area contributed by atoms with Gasteiger partial charge in [-0.3, -0.25) is 14.6 Å². The summed E-state index contributed by atoms with van der Waals surface area (Å²) in [6.07, 6.45) is 4.81. The molecule has 1 amide bonds. The smallest absolute Gasteiger partial charge is 0.231 e. The zero-order chi connectivity index (χ0) is 18.2. The van der Waals surface area contributed by atoms with E-state index in [9.17, 15) is 4.79 Å². The van der Waals surface area contributed by atoms with Crippen LogP contribution < -0.4 is 9.47 Å². The highest BCUT2D eigenvalue weighted by atomic mass is 16.7. The molecule has 3 aromatic rings. The molecule has 1 N–H and O–H groups in total. The molecule has 0 fully saturated rings. The van der Waals surface area contributed by atoms with Gasteiger partial charge in [-0.1, -0.05) is 0 Å². The molecule has 2 aliphatic rings. The van der Waals surface area contributed by atoms with E-state index in [1.54, 1.807) is 10.9 Å². The third kappa shape index (κ3) is 2.92. The molecule has 2 aliphatic heterocycles. The number of ether oxygens (including phenoxy) is 2. The standard InChI is InChI=1S/C19H19N5O3/c25-18(5-9-24-7-1-6-20-24)23-8-4-15-14(11-23)19(22-21-15)13-2-3-16-17(10-13)27-12-26-16/h1-3,6-7,10H,4-5,8-9,11-12H2,(H,21,22). The fourth-order valence-corrected chi connectivity index (χ4v) is 3.59. The van der Waals surface area contributed by atoms with Gasteiger partial charge in [0, 0.05) is 61.7 Å². The topological polar surface area (TPSA) is 85.3 Å². The number of aromatic amines is 1. The minimum Gasteiger partial charge on any atom is -0.454 e. The van der Waals surface area contributed by atoms with Crippen LogP contribution >= 0.6 is 0 Å². The third-order valence-corrected chi connectivity index (χ3v) is 5.05. The van der Waals surface area contributed by atoms with Crippen molar-refractivity contribution in [3.63, 3.8) is 0 Å². The summed E-state index contributed by atoms with van der Waals surface area (Å²) in [5.41, 5.74) is 4.00. The van der Waals surface area contributed by atoms with Crippen LogP contribution in [0.4, 0.5) is 0 Å². The molecule has 0 radical (unpaired) electrons. The minimum absolute atomic E-state index is 0.133. The fourth-order valence-electron chi connectivity index (χ4n) is 3.59. The Morgan fingerprint density at radius 2 is 2.19 bits per heavy atom. The Morgan fingerprint density at radius 1 is 1.26 bits per heavy atom. The number of hydrogen-bond donors (Lipinski definition) is 1. The Hall–Kier alpha value is -3.29. The molecular formula is C19H19N5O3. The van der Waals surface area contributed by atoms with Crippen molar-refractivity contribution in [1.82, 2.24) is 24.9 Å². The maximum absolute atomic E-state index is 12.6. The number of carbonyl (C=O) groups is 1. The summed E-state index contributed by atoms with van der Waals surface area (Å²) < 4.78 is 12.6. The quantitative estimate of drug-likeness (QED) is 0.764. The summed E-state index contributed by atoms with van der Waals surface area (Å²) >= 11 is 0. The van der Waals surface area contributed by atoms with E-state index >= 15 is 0 Å². The molecule has 0 spiro atoms. The summed E-state index contributed by atoms with van der Waals surface area (Å²) in [7, 11) is 0. The highest BCUT2D eigenvalue weighted by Crippen LogP contribution is 2.37. The zero-order valence-corrected chi connectivity index (χ0v) is 14.7. The van der Waals surface area contributed by atoms with Gasteiger partial charge < -0.3 is 14.4 Å². The summed E-state index contributed by atoms with van der Waals surface area (Å²) in [5, 5.41) is 11.8. The number of nitrogens with one attached hydrogen (secondary N) is 1. The van der Waals surface area contributed by atoms with Crippen LogP contribution in [0.1, 0.15) is 17.7 Å². The third-order valence-electron chi connectivity index (χ3n) is 5.05. The first kappa shape index (κ1) is 15.9. The van der Waals surface area contributed by atoms with Gasteiger partial charge >= 0.3 is 0 Å². The summed E-state index contributed by atoms with van der Waals surface area (Å²) in [4.78, 5) is 14.5. The number of aryl methyl sites for hydroxylation is 1. The number of nitrogens with zero attached hydrogens (tertiary/aromatic N) is 4. The molecule has 0 saturated heterocycles. The Morgan fingerprint density at radius 3 is 3.07 bits per heavy atom. The molecule has 4 heterocycles. The van der Waals surface area contributed by atoms with Crippen molar-refractivity contribution in [2.75, 3.05) is 13.3 Å². The molecule has 5 rings (SSSR count). The molecule has 0 atom stereocenters. The van der Waals surface area contributed by atoms with Crippen molar-refractivity contribution in [2.24, 2.45) is 0 Å². The summed E-state index contributed by atoms with van der Waals surface area (Å²) in [5.74, 6) is 1.61. The molecule has 0 bridgehead atoms. The Kier molecular flexibility index (Phi) is 3.81. The van der Waals surface area contributed by atoms with Gasteiger partial charge in [0.05, 0.1) is 5.69 Å². The number of fused-ring (bicyclic) bond motifs is 2. The van der Waals surface area contributed by atoms with E-state index in [0.29, 0.717) is 26.1 Å². The normalized spacial score (nSPS) is 15.0. The molecule has 0 aliphatic carbocycles. The van der Waals surface area contributed by atoms with Crippen molar-refractivity contribution in [3.8, 4) is 22.8 Å². The molecule has 0 saturated carbocycles. The Labute approximate surface area is 155 Å². The Balaban J connectivity index is 1.34. The van der Waals surface area contributed by atoms with E-state index in [1.165, 1.54) is 0 Å². The van der Waals surface area contributed by atoms with Gasteiger partial charge in [-0.2, -0.15) is 10.2 Å². The lowest BCUT2D eigenvalue weighted by Gasteiger charge is -2.27. The number of H-pyrrole nitrogens is 1. The minimum atomic E-state index is 0.133. The van der Waals surface area contributed by atoms with Crippen LogP contribution in [0.15, 0.2) is 36.7 Å². The van der Waals surface area contributed by atoms with Crippen LogP contribution in [-0.4, -0.2) is 44.1 Å². The maximum atomic E-state index is 12.6. The van der Waals surface area contributed by atoms with Crippen LogP contribution in [0.2, 0.25) is 0 Å². The van der Waals surface area contributed by atoms with E-state index in [4.69, 9.17) is 9.47 Å². The van der Waals surface area contributed by atoms with Gasteiger partial charge in [0.25, 0.3) is 0 Å². The number of carbonyl (C=O) groups excluding carboxylic acids is 1. The van der Waals surface area contributed by atoms with Crippen LogP contribution in [0.5, 0.6) is 11.5 Å². The monoisotopic (exact) mass is 365 g/mol. The molecular weight excluding hydrogens is 346 g/mol. The van der Waals surface area contributed by atoms with Crippen LogP contribution in [0.3, 0.4) is 0 Å². The molecule has 2 aromatic heterocycles. The van der Waals surface area contributed by atoms with E-state index < -0.39 is 0 Å².